The minimum absolute atomic E-state index is 0.0597. The van der Waals surface area contributed by atoms with Crippen molar-refractivity contribution >= 4 is 22.9 Å². The van der Waals surface area contributed by atoms with Crippen LogP contribution in [0.4, 0.5) is 28.9 Å². The molecule has 2 atom stereocenters. The minimum atomic E-state index is -2.99. The van der Waals surface area contributed by atoms with Gasteiger partial charge < -0.3 is 25.4 Å². The van der Waals surface area contributed by atoms with Crippen molar-refractivity contribution in [1.82, 2.24) is 15.2 Å². The topological polar surface area (TPSA) is 80.5 Å². The zero-order valence-corrected chi connectivity index (χ0v) is 21.9. The molecule has 0 bridgehead atoms. The van der Waals surface area contributed by atoms with E-state index in [1.807, 2.05) is 31.3 Å². The maximum Gasteiger partial charge on any atom is 0.264 e. The Bertz CT molecular complexity index is 1320. The molecular weight excluding hydrogens is 514 g/mol. The van der Waals surface area contributed by atoms with Crippen molar-refractivity contribution in [3.8, 4) is 0 Å². The van der Waals surface area contributed by atoms with Crippen LogP contribution in [-0.4, -0.2) is 67.0 Å². The SMILES string of the molecule is C[C@@H]1CN(c2ccc(C3=CCNC(C4CC(F)(F)C4)C3)cc2NC(=O)c2c[nH]c(=O)cc2C(F)F)CCN1C. The van der Waals surface area contributed by atoms with E-state index in [1.165, 1.54) is 0 Å². The number of rotatable bonds is 6. The molecule has 210 valence electrons. The normalized spacial score (nSPS) is 23.9. The van der Waals surface area contributed by atoms with Crippen molar-refractivity contribution in [1.29, 1.82) is 0 Å². The van der Waals surface area contributed by atoms with Gasteiger partial charge in [-0.15, -0.1) is 0 Å². The average molecular weight is 548 g/mol. The monoisotopic (exact) mass is 547 g/mol. The van der Waals surface area contributed by atoms with Crippen molar-refractivity contribution in [2.75, 3.05) is 43.4 Å². The van der Waals surface area contributed by atoms with Crippen LogP contribution in [0.1, 0.15) is 54.1 Å². The van der Waals surface area contributed by atoms with Crippen LogP contribution in [0.3, 0.4) is 0 Å². The number of carbonyl (C=O) groups is 1. The molecule has 2 fully saturated rings. The molecule has 1 aromatic heterocycles. The maximum absolute atomic E-state index is 13.6. The molecule has 0 spiro atoms. The number of likely N-dealkylation sites (N-methyl/N-ethyl adjacent to an activating group) is 1. The molecule has 3 heterocycles. The van der Waals surface area contributed by atoms with Gasteiger partial charge in [0.15, 0.2) is 0 Å². The second kappa shape index (κ2) is 10.8. The predicted molar refractivity (Wildman–Crippen MR) is 143 cm³/mol. The number of aromatic nitrogens is 1. The van der Waals surface area contributed by atoms with Crippen LogP contribution in [0.2, 0.25) is 0 Å². The third-order valence-corrected chi connectivity index (χ3v) is 8.21. The van der Waals surface area contributed by atoms with Crippen LogP contribution >= 0.6 is 0 Å². The number of benzene rings is 1. The Kier molecular flexibility index (Phi) is 7.56. The van der Waals surface area contributed by atoms with Gasteiger partial charge in [0.25, 0.3) is 12.3 Å². The molecule has 1 aliphatic carbocycles. The summed E-state index contributed by atoms with van der Waals surface area (Å²) in [7, 11) is 2.05. The zero-order chi connectivity index (χ0) is 27.9. The third-order valence-electron chi connectivity index (χ3n) is 8.21. The lowest BCUT2D eigenvalue weighted by Crippen LogP contribution is -2.50. The lowest BCUT2D eigenvalue weighted by molar-refractivity contribution is -0.118. The maximum atomic E-state index is 13.6. The largest absolute Gasteiger partial charge is 0.367 e. The number of aromatic amines is 1. The van der Waals surface area contributed by atoms with Gasteiger partial charge in [0.2, 0.25) is 11.5 Å². The van der Waals surface area contributed by atoms with E-state index in [4.69, 9.17) is 0 Å². The molecule has 0 radical (unpaired) electrons. The van der Waals surface area contributed by atoms with Gasteiger partial charge in [0.1, 0.15) is 0 Å². The summed E-state index contributed by atoms with van der Waals surface area (Å²) in [5.41, 5.74) is 1.40. The summed E-state index contributed by atoms with van der Waals surface area (Å²) in [4.78, 5) is 31.6. The molecule has 39 heavy (non-hydrogen) atoms. The number of H-pyrrole nitrogens is 1. The van der Waals surface area contributed by atoms with Crippen molar-refractivity contribution in [3.63, 3.8) is 0 Å². The van der Waals surface area contributed by atoms with Crippen LogP contribution in [-0.2, 0) is 0 Å². The molecular formula is C28H33F4N5O2. The van der Waals surface area contributed by atoms with Gasteiger partial charge in [-0.3, -0.25) is 9.59 Å². The predicted octanol–water partition coefficient (Wildman–Crippen LogP) is 4.50. The van der Waals surface area contributed by atoms with Crippen molar-refractivity contribution in [3.05, 3.63) is 63.6 Å². The highest BCUT2D eigenvalue weighted by molar-refractivity contribution is 6.07. The standard InChI is InChI=1S/C28H33F4N5O2/c1-16-15-37(8-7-36(16)2)24-4-3-17(18-5-6-33-22(9-18)19-12-28(31,32)13-19)10-23(24)35-27(39)21-14-34-25(38)11-20(21)26(29)30/h3-5,10-11,14,16,19,22,26,33H,6-9,12-13,15H2,1-2H3,(H,34,38)(H,35,39)/t16-,22?/m1/s1. The smallest absolute Gasteiger partial charge is 0.264 e. The van der Waals surface area contributed by atoms with Crippen LogP contribution in [0.5, 0.6) is 0 Å². The number of anilines is 2. The number of halogens is 4. The Morgan fingerprint density at radius 2 is 1.95 bits per heavy atom. The summed E-state index contributed by atoms with van der Waals surface area (Å²) in [5.74, 6) is -3.44. The molecule has 1 amide bonds. The van der Waals surface area contributed by atoms with E-state index in [2.05, 4.69) is 32.3 Å². The molecule has 3 aliphatic rings. The second-order valence-electron chi connectivity index (χ2n) is 10.9. The van der Waals surface area contributed by atoms with Gasteiger partial charge in [-0.2, -0.15) is 0 Å². The summed E-state index contributed by atoms with van der Waals surface area (Å²) in [5, 5.41) is 6.15. The fourth-order valence-electron chi connectivity index (χ4n) is 5.72. The minimum Gasteiger partial charge on any atom is -0.367 e. The van der Waals surface area contributed by atoms with Gasteiger partial charge in [0.05, 0.1) is 16.9 Å². The third kappa shape index (κ3) is 5.89. The number of hydrogen-bond acceptors (Lipinski definition) is 5. The van der Waals surface area contributed by atoms with Crippen LogP contribution in [0, 0.1) is 5.92 Å². The van der Waals surface area contributed by atoms with E-state index in [1.54, 1.807) is 0 Å². The quantitative estimate of drug-likeness (QED) is 0.465. The number of piperazine rings is 1. The lowest BCUT2D eigenvalue weighted by atomic mass is 9.73. The molecule has 1 aromatic carbocycles. The summed E-state index contributed by atoms with van der Waals surface area (Å²) in [6.07, 6.45) is 0.371. The molecule has 1 saturated carbocycles. The van der Waals surface area contributed by atoms with E-state index < -0.39 is 29.4 Å². The number of nitrogens with one attached hydrogen (secondary N) is 3. The van der Waals surface area contributed by atoms with Crippen LogP contribution < -0.4 is 21.1 Å². The van der Waals surface area contributed by atoms with Crippen molar-refractivity contribution < 1.29 is 22.4 Å². The summed E-state index contributed by atoms with van der Waals surface area (Å²) < 4.78 is 54.3. The Balaban J connectivity index is 1.45. The second-order valence-corrected chi connectivity index (χ2v) is 10.9. The van der Waals surface area contributed by atoms with Gasteiger partial charge in [-0.05, 0) is 49.6 Å². The van der Waals surface area contributed by atoms with Crippen molar-refractivity contribution in [2.24, 2.45) is 5.92 Å². The fourth-order valence-corrected chi connectivity index (χ4v) is 5.72. The molecule has 5 rings (SSSR count). The molecule has 1 saturated heterocycles. The zero-order valence-electron chi connectivity index (χ0n) is 21.9. The molecule has 11 heteroatoms. The van der Waals surface area contributed by atoms with Crippen LogP contribution in [0.15, 0.2) is 41.3 Å². The first-order chi connectivity index (χ1) is 18.5. The number of pyridine rings is 1. The Morgan fingerprint density at radius 1 is 1.18 bits per heavy atom. The number of hydrogen-bond donors (Lipinski definition) is 3. The Hall–Kier alpha value is -3.18. The molecule has 1 unspecified atom stereocenters. The molecule has 2 aliphatic heterocycles. The first-order valence-corrected chi connectivity index (χ1v) is 13.2. The van der Waals surface area contributed by atoms with E-state index in [0.717, 1.165) is 35.6 Å². The highest BCUT2D eigenvalue weighted by Crippen LogP contribution is 2.46. The fraction of sp³-hybridized carbons (Fsp3) is 0.500. The van der Waals surface area contributed by atoms with E-state index >= 15 is 0 Å². The van der Waals surface area contributed by atoms with Gasteiger partial charge in [-0.25, -0.2) is 17.6 Å². The number of nitrogens with zero attached hydrogens (tertiary/aromatic N) is 2. The molecule has 2 aromatic rings. The Morgan fingerprint density at radius 3 is 2.64 bits per heavy atom. The van der Waals surface area contributed by atoms with Gasteiger partial charge in [0, 0.05) is 68.9 Å². The Labute approximate surface area is 224 Å². The average Bonchev–Trinajstić information content (AvgIpc) is 2.88. The van der Waals surface area contributed by atoms with E-state index in [-0.39, 0.29) is 36.4 Å². The first-order valence-electron chi connectivity index (χ1n) is 13.2. The summed E-state index contributed by atoms with van der Waals surface area (Å²) >= 11 is 0. The van der Waals surface area contributed by atoms with E-state index in [9.17, 15) is 27.2 Å². The van der Waals surface area contributed by atoms with Crippen molar-refractivity contribution in [2.45, 2.75) is 50.6 Å². The highest BCUT2D eigenvalue weighted by atomic mass is 19.3. The summed E-state index contributed by atoms with van der Waals surface area (Å²) in [6, 6.07) is 6.65. The lowest BCUT2D eigenvalue weighted by Gasteiger charge is -2.42. The first kappa shape index (κ1) is 27.4. The summed E-state index contributed by atoms with van der Waals surface area (Å²) in [6.45, 7) is 4.91. The van der Waals surface area contributed by atoms with Gasteiger partial charge in [-0.1, -0.05) is 12.1 Å². The number of carbonyl (C=O) groups excluding carboxylic acids is 1. The van der Waals surface area contributed by atoms with Crippen LogP contribution in [0.25, 0.3) is 5.57 Å². The number of amides is 1. The van der Waals surface area contributed by atoms with E-state index in [0.29, 0.717) is 31.7 Å². The number of alkyl halides is 4. The molecule has 3 N–H and O–H groups in total. The molecule has 7 nitrogen and oxygen atoms in total. The van der Waals surface area contributed by atoms with Gasteiger partial charge >= 0.3 is 0 Å². The highest BCUT2D eigenvalue weighted by Gasteiger charge is 2.48.